The van der Waals surface area contributed by atoms with Crippen LogP contribution in [0, 0.1) is 5.92 Å². The predicted octanol–water partition coefficient (Wildman–Crippen LogP) is 3.04. The van der Waals surface area contributed by atoms with Crippen LogP contribution in [0.3, 0.4) is 0 Å². The molecule has 0 saturated heterocycles. The first kappa shape index (κ1) is 19.9. The average Bonchev–Trinajstić information content (AvgIpc) is 3.59. The van der Waals surface area contributed by atoms with E-state index in [-0.39, 0.29) is 11.8 Å². The minimum absolute atomic E-state index is 0.0504. The number of hydrogen-bond acceptors (Lipinski definition) is 5. The highest BCUT2D eigenvalue weighted by Crippen LogP contribution is 2.31. The molecule has 30 heavy (non-hydrogen) atoms. The molecule has 2 aromatic carbocycles. The van der Waals surface area contributed by atoms with Gasteiger partial charge in [-0.2, -0.15) is 0 Å². The van der Waals surface area contributed by atoms with Crippen molar-refractivity contribution in [2.75, 3.05) is 25.0 Å². The Kier molecular flexibility index (Phi) is 6.27. The van der Waals surface area contributed by atoms with Crippen molar-refractivity contribution in [3.8, 4) is 0 Å². The van der Waals surface area contributed by atoms with E-state index in [0.717, 1.165) is 49.8 Å². The van der Waals surface area contributed by atoms with E-state index in [0.29, 0.717) is 17.1 Å². The molecule has 2 amide bonds. The first-order chi connectivity index (χ1) is 14.7. The molecule has 1 aliphatic carbocycles. The van der Waals surface area contributed by atoms with Gasteiger partial charge in [-0.15, -0.1) is 0 Å². The van der Waals surface area contributed by atoms with Crippen LogP contribution in [0.4, 0.5) is 11.4 Å². The summed E-state index contributed by atoms with van der Waals surface area (Å²) in [5.41, 5.74) is 2.85. The number of aliphatic imine (C=N–C) groups is 1. The second kappa shape index (κ2) is 9.43. The van der Waals surface area contributed by atoms with E-state index in [1.807, 2.05) is 36.4 Å². The number of benzene rings is 2. The molecular formula is C23H27N5O2. The summed E-state index contributed by atoms with van der Waals surface area (Å²) in [7, 11) is 0. The quantitative estimate of drug-likeness (QED) is 0.569. The summed E-state index contributed by atoms with van der Waals surface area (Å²) in [4.78, 5) is 28.9. The average molecular weight is 406 g/mol. The zero-order valence-electron chi connectivity index (χ0n) is 16.9. The van der Waals surface area contributed by atoms with Gasteiger partial charge in [-0.25, -0.2) is 0 Å². The maximum absolute atomic E-state index is 12.3. The highest BCUT2D eigenvalue weighted by atomic mass is 16.2. The number of hydrogen-bond donors (Lipinski definition) is 4. The SMILES string of the molecule is O=C(NCCC1CC1)c1cccc(Nc2ccc(C(=O)NC3=NCCCN3)cc2)c1. The van der Waals surface area contributed by atoms with Gasteiger partial charge in [0, 0.05) is 42.1 Å². The number of guanidine groups is 1. The summed E-state index contributed by atoms with van der Waals surface area (Å²) < 4.78 is 0. The molecule has 0 unspecified atom stereocenters. The van der Waals surface area contributed by atoms with Crippen molar-refractivity contribution in [2.45, 2.75) is 25.7 Å². The van der Waals surface area contributed by atoms with Crippen molar-refractivity contribution >= 4 is 29.1 Å². The molecule has 1 aliphatic heterocycles. The molecule has 1 fully saturated rings. The lowest BCUT2D eigenvalue weighted by Gasteiger charge is -2.15. The van der Waals surface area contributed by atoms with E-state index in [2.05, 4.69) is 26.3 Å². The Labute approximate surface area is 176 Å². The lowest BCUT2D eigenvalue weighted by atomic mass is 10.1. The van der Waals surface area contributed by atoms with Crippen LogP contribution >= 0.6 is 0 Å². The first-order valence-electron chi connectivity index (χ1n) is 10.5. The third-order valence-electron chi connectivity index (χ3n) is 5.22. The fraction of sp³-hybridized carbons (Fsp3) is 0.348. The minimum atomic E-state index is -0.195. The maximum Gasteiger partial charge on any atom is 0.257 e. The topological polar surface area (TPSA) is 94.6 Å². The van der Waals surface area contributed by atoms with Crippen LogP contribution in [-0.4, -0.2) is 37.4 Å². The Balaban J connectivity index is 1.33. The molecule has 4 N–H and O–H groups in total. The van der Waals surface area contributed by atoms with Gasteiger partial charge in [0.05, 0.1) is 0 Å². The molecule has 0 aromatic heterocycles. The Hall–Kier alpha value is -3.35. The zero-order valence-corrected chi connectivity index (χ0v) is 16.9. The summed E-state index contributed by atoms with van der Waals surface area (Å²) in [6, 6.07) is 14.6. The highest BCUT2D eigenvalue weighted by molar-refractivity contribution is 6.06. The second-order valence-electron chi connectivity index (χ2n) is 7.74. The lowest BCUT2D eigenvalue weighted by Crippen LogP contribution is -2.43. The standard InChI is InChI=1S/C23H27N5O2/c29-21(24-14-11-16-5-6-16)18-3-1-4-20(15-18)27-19-9-7-17(8-10-19)22(30)28-23-25-12-2-13-26-23/h1,3-4,7-10,15-16,27H,2,5-6,11-14H2,(H,24,29)(H2,25,26,28,30). The predicted molar refractivity (Wildman–Crippen MR) is 118 cm³/mol. The number of carbonyl (C=O) groups excluding carboxylic acids is 2. The first-order valence-corrected chi connectivity index (χ1v) is 10.5. The maximum atomic E-state index is 12.3. The Morgan fingerprint density at radius 2 is 1.83 bits per heavy atom. The largest absolute Gasteiger partial charge is 0.356 e. The summed E-state index contributed by atoms with van der Waals surface area (Å²) in [5.74, 6) is 1.08. The number of nitrogens with zero attached hydrogens (tertiary/aromatic N) is 1. The minimum Gasteiger partial charge on any atom is -0.356 e. The smallest absolute Gasteiger partial charge is 0.257 e. The van der Waals surface area contributed by atoms with Crippen LogP contribution in [0.25, 0.3) is 0 Å². The van der Waals surface area contributed by atoms with Gasteiger partial charge in [-0.3, -0.25) is 19.9 Å². The third kappa shape index (κ3) is 5.59. The van der Waals surface area contributed by atoms with Crippen LogP contribution in [0.15, 0.2) is 53.5 Å². The molecule has 2 aliphatic rings. The van der Waals surface area contributed by atoms with Crippen molar-refractivity contribution in [1.82, 2.24) is 16.0 Å². The highest BCUT2D eigenvalue weighted by Gasteiger charge is 2.20. The number of nitrogens with one attached hydrogen (secondary N) is 4. The Morgan fingerprint density at radius 1 is 1.00 bits per heavy atom. The molecule has 4 rings (SSSR count). The van der Waals surface area contributed by atoms with Gasteiger partial charge in [0.2, 0.25) is 0 Å². The van der Waals surface area contributed by atoms with Crippen LogP contribution in [0.5, 0.6) is 0 Å². The van der Waals surface area contributed by atoms with E-state index in [1.54, 1.807) is 12.1 Å². The summed E-state index contributed by atoms with van der Waals surface area (Å²) in [6.07, 6.45) is 4.62. The molecule has 1 heterocycles. The van der Waals surface area contributed by atoms with Gasteiger partial charge in [0.1, 0.15) is 0 Å². The number of amides is 2. The Bertz CT molecular complexity index is 935. The second-order valence-corrected chi connectivity index (χ2v) is 7.74. The Morgan fingerprint density at radius 3 is 2.57 bits per heavy atom. The third-order valence-corrected chi connectivity index (χ3v) is 5.22. The molecule has 7 nitrogen and oxygen atoms in total. The van der Waals surface area contributed by atoms with Crippen molar-refractivity contribution in [3.05, 3.63) is 59.7 Å². The normalized spacial score (nSPS) is 15.5. The fourth-order valence-corrected chi connectivity index (χ4v) is 3.30. The summed E-state index contributed by atoms with van der Waals surface area (Å²) in [5, 5.41) is 12.1. The van der Waals surface area contributed by atoms with Crippen molar-refractivity contribution in [2.24, 2.45) is 10.9 Å². The summed E-state index contributed by atoms with van der Waals surface area (Å²) >= 11 is 0. The van der Waals surface area contributed by atoms with Crippen LogP contribution in [0.1, 0.15) is 46.4 Å². The zero-order chi connectivity index (χ0) is 20.8. The van der Waals surface area contributed by atoms with Gasteiger partial charge in [0.25, 0.3) is 11.8 Å². The molecular weight excluding hydrogens is 378 g/mol. The number of carbonyl (C=O) groups is 2. The summed E-state index contributed by atoms with van der Waals surface area (Å²) in [6.45, 7) is 2.27. The van der Waals surface area contributed by atoms with Crippen molar-refractivity contribution < 1.29 is 9.59 Å². The molecule has 0 atom stereocenters. The van der Waals surface area contributed by atoms with Crippen LogP contribution in [-0.2, 0) is 0 Å². The van der Waals surface area contributed by atoms with Crippen molar-refractivity contribution in [3.63, 3.8) is 0 Å². The fourth-order valence-electron chi connectivity index (χ4n) is 3.30. The molecule has 0 radical (unpaired) electrons. The molecule has 0 spiro atoms. The molecule has 7 heteroatoms. The monoisotopic (exact) mass is 405 g/mol. The van der Waals surface area contributed by atoms with Crippen molar-refractivity contribution in [1.29, 1.82) is 0 Å². The molecule has 156 valence electrons. The molecule has 2 aromatic rings. The van der Waals surface area contributed by atoms with Gasteiger partial charge in [-0.05, 0) is 61.2 Å². The van der Waals surface area contributed by atoms with E-state index in [1.165, 1.54) is 12.8 Å². The van der Waals surface area contributed by atoms with Crippen LogP contribution in [0.2, 0.25) is 0 Å². The van der Waals surface area contributed by atoms with Gasteiger partial charge >= 0.3 is 0 Å². The molecule has 1 saturated carbocycles. The van der Waals surface area contributed by atoms with Crippen LogP contribution < -0.4 is 21.3 Å². The lowest BCUT2D eigenvalue weighted by molar-refractivity contribution is 0.0950. The van der Waals surface area contributed by atoms with E-state index >= 15 is 0 Å². The molecule has 0 bridgehead atoms. The van der Waals surface area contributed by atoms with E-state index in [4.69, 9.17) is 0 Å². The number of anilines is 2. The van der Waals surface area contributed by atoms with Gasteiger partial charge < -0.3 is 16.0 Å². The van der Waals surface area contributed by atoms with Gasteiger partial charge in [0.15, 0.2) is 5.96 Å². The van der Waals surface area contributed by atoms with E-state index in [9.17, 15) is 9.59 Å². The van der Waals surface area contributed by atoms with Gasteiger partial charge in [-0.1, -0.05) is 18.9 Å². The number of rotatable bonds is 7. The van der Waals surface area contributed by atoms with E-state index < -0.39 is 0 Å².